The monoisotopic (exact) mass is 383 g/mol. The Morgan fingerprint density at radius 2 is 1.92 bits per heavy atom. The van der Waals surface area contributed by atoms with Gasteiger partial charge in [0.1, 0.15) is 5.75 Å². The van der Waals surface area contributed by atoms with Crippen LogP contribution in [-0.4, -0.2) is 74.2 Å². The second kappa shape index (κ2) is 8.83. The number of nitrogens with zero attached hydrogens (tertiary/aromatic N) is 3. The number of amides is 1. The zero-order valence-electron chi connectivity index (χ0n) is 16.1. The number of rotatable bonds is 6. The van der Waals surface area contributed by atoms with Gasteiger partial charge in [0, 0.05) is 39.8 Å². The molecule has 0 saturated carbocycles. The standard InChI is InChI=1S/C18H29N3O4S/c1-5-19(4)26(23,24)21-11-7-10-20(12-13-21)18(22)14-25-17-9-6-8-15(2)16(17)3/h6,8-9H,5,7,10-14H2,1-4H3. The molecule has 26 heavy (non-hydrogen) atoms. The predicted molar refractivity (Wildman–Crippen MR) is 101 cm³/mol. The highest BCUT2D eigenvalue weighted by atomic mass is 32.2. The highest BCUT2D eigenvalue weighted by Gasteiger charge is 2.29. The topological polar surface area (TPSA) is 70.2 Å². The van der Waals surface area contributed by atoms with E-state index < -0.39 is 10.2 Å². The first-order chi connectivity index (χ1) is 12.3. The molecule has 1 aliphatic rings. The Balaban J connectivity index is 1.94. The Bertz CT molecular complexity index is 736. The fourth-order valence-electron chi connectivity index (χ4n) is 2.85. The van der Waals surface area contributed by atoms with Crippen LogP contribution < -0.4 is 4.74 Å². The van der Waals surface area contributed by atoms with E-state index in [4.69, 9.17) is 4.74 Å². The van der Waals surface area contributed by atoms with E-state index in [1.54, 1.807) is 18.9 Å². The fourth-order valence-corrected chi connectivity index (χ4v) is 4.24. The van der Waals surface area contributed by atoms with Gasteiger partial charge in [0.15, 0.2) is 6.61 Å². The van der Waals surface area contributed by atoms with Crippen LogP contribution >= 0.6 is 0 Å². The van der Waals surface area contributed by atoms with E-state index >= 15 is 0 Å². The van der Waals surface area contributed by atoms with E-state index in [0.717, 1.165) is 11.1 Å². The normalized spacial score (nSPS) is 16.6. The first-order valence-electron chi connectivity index (χ1n) is 8.95. The third-order valence-electron chi connectivity index (χ3n) is 4.88. The molecule has 0 aliphatic carbocycles. The average molecular weight is 384 g/mol. The van der Waals surface area contributed by atoms with Crippen LogP contribution in [0.1, 0.15) is 24.5 Å². The molecule has 0 unspecified atom stereocenters. The molecule has 1 aliphatic heterocycles. The predicted octanol–water partition coefficient (Wildman–Crippen LogP) is 1.41. The summed E-state index contributed by atoms with van der Waals surface area (Å²) in [5.74, 6) is 0.593. The van der Waals surface area contributed by atoms with Crippen LogP contribution in [0.2, 0.25) is 0 Å². The molecular formula is C18H29N3O4S. The molecule has 0 N–H and O–H groups in total. The van der Waals surface area contributed by atoms with Gasteiger partial charge >= 0.3 is 0 Å². The lowest BCUT2D eigenvalue weighted by molar-refractivity contribution is -0.133. The van der Waals surface area contributed by atoms with Crippen LogP contribution in [0.15, 0.2) is 18.2 Å². The number of ether oxygens (including phenoxy) is 1. The average Bonchev–Trinajstić information content (AvgIpc) is 2.88. The zero-order chi connectivity index (χ0) is 19.3. The fraction of sp³-hybridized carbons (Fsp3) is 0.611. The van der Waals surface area contributed by atoms with Crippen molar-refractivity contribution in [3.05, 3.63) is 29.3 Å². The summed E-state index contributed by atoms with van der Waals surface area (Å²) in [6.07, 6.45) is 0.617. The number of hydrogen-bond acceptors (Lipinski definition) is 4. The van der Waals surface area contributed by atoms with Crippen molar-refractivity contribution in [1.29, 1.82) is 0 Å². The molecule has 1 fully saturated rings. The van der Waals surface area contributed by atoms with Gasteiger partial charge < -0.3 is 9.64 Å². The molecule has 1 saturated heterocycles. The van der Waals surface area contributed by atoms with E-state index in [0.29, 0.717) is 44.9 Å². The second-order valence-corrected chi connectivity index (χ2v) is 8.58. The molecule has 0 atom stereocenters. The Morgan fingerprint density at radius 3 is 2.62 bits per heavy atom. The van der Waals surface area contributed by atoms with E-state index in [1.165, 1.54) is 8.61 Å². The maximum absolute atomic E-state index is 12.5. The van der Waals surface area contributed by atoms with E-state index in [-0.39, 0.29) is 12.5 Å². The van der Waals surface area contributed by atoms with Crippen LogP contribution in [0.3, 0.4) is 0 Å². The molecule has 146 valence electrons. The molecule has 0 spiro atoms. The molecule has 1 aromatic rings. The first kappa shape index (κ1) is 20.7. The second-order valence-electron chi connectivity index (χ2n) is 6.54. The van der Waals surface area contributed by atoms with Crippen LogP contribution in [-0.2, 0) is 15.0 Å². The van der Waals surface area contributed by atoms with Crippen molar-refractivity contribution in [2.24, 2.45) is 0 Å². The molecule has 1 aromatic carbocycles. The smallest absolute Gasteiger partial charge is 0.281 e. The van der Waals surface area contributed by atoms with Crippen molar-refractivity contribution in [3.63, 3.8) is 0 Å². The van der Waals surface area contributed by atoms with Gasteiger partial charge in [-0.2, -0.15) is 17.0 Å². The van der Waals surface area contributed by atoms with Crippen molar-refractivity contribution < 1.29 is 17.9 Å². The molecule has 7 nitrogen and oxygen atoms in total. The van der Waals surface area contributed by atoms with Gasteiger partial charge in [0.2, 0.25) is 0 Å². The summed E-state index contributed by atoms with van der Waals surface area (Å²) >= 11 is 0. The molecular weight excluding hydrogens is 354 g/mol. The third-order valence-corrected chi connectivity index (χ3v) is 6.94. The van der Waals surface area contributed by atoms with Gasteiger partial charge in [-0.1, -0.05) is 19.1 Å². The first-order valence-corrected chi connectivity index (χ1v) is 10.3. The zero-order valence-corrected chi connectivity index (χ0v) is 16.9. The molecule has 0 aromatic heterocycles. The van der Waals surface area contributed by atoms with Crippen LogP contribution in [0.25, 0.3) is 0 Å². The minimum absolute atomic E-state index is 0.0358. The Kier molecular flexibility index (Phi) is 7.02. The maximum Gasteiger partial charge on any atom is 0.281 e. The number of hydrogen-bond donors (Lipinski definition) is 0. The van der Waals surface area contributed by atoms with Crippen molar-refractivity contribution in [1.82, 2.24) is 13.5 Å². The molecule has 0 radical (unpaired) electrons. The van der Waals surface area contributed by atoms with Crippen molar-refractivity contribution in [2.45, 2.75) is 27.2 Å². The lowest BCUT2D eigenvalue weighted by Crippen LogP contribution is -2.44. The van der Waals surface area contributed by atoms with Gasteiger partial charge in [0.25, 0.3) is 16.1 Å². The Hall–Kier alpha value is -1.64. The van der Waals surface area contributed by atoms with Crippen molar-refractivity contribution in [3.8, 4) is 5.75 Å². The number of aryl methyl sites for hydroxylation is 1. The van der Waals surface area contributed by atoms with Gasteiger partial charge in [-0.25, -0.2) is 0 Å². The minimum atomic E-state index is -3.45. The quantitative estimate of drug-likeness (QED) is 0.745. The van der Waals surface area contributed by atoms with Crippen LogP contribution in [0.4, 0.5) is 0 Å². The summed E-state index contributed by atoms with van der Waals surface area (Å²) in [4.78, 5) is 14.2. The van der Waals surface area contributed by atoms with Crippen LogP contribution in [0.5, 0.6) is 5.75 Å². The third kappa shape index (κ3) is 4.75. The number of carbonyl (C=O) groups excluding carboxylic acids is 1. The van der Waals surface area contributed by atoms with Gasteiger partial charge in [-0.15, -0.1) is 0 Å². The minimum Gasteiger partial charge on any atom is -0.483 e. The van der Waals surface area contributed by atoms with Gasteiger partial charge in [-0.3, -0.25) is 4.79 Å². The van der Waals surface area contributed by atoms with E-state index in [9.17, 15) is 13.2 Å². The Labute approximate surface area is 156 Å². The summed E-state index contributed by atoms with van der Waals surface area (Å²) < 4.78 is 33.4. The molecule has 0 bridgehead atoms. The largest absolute Gasteiger partial charge is 0.483 e. The maximum atomic E-state index is 12.5. The highest BCUT2D eigenvalue weighted by Crippen LogP contribution is 2.20. The lowest BCUT2D eigenvalue weighted by Gasteiger charge is -2.25. The van der Waals surface area contributed by atoms with E-state index in [2.05, 4.69) is 0 Å². The summed E-state index contributed by atoms with van der Waals surface area (Å²) in [7, 11) is -1.88. The summed E-state index contributed by atoms with van der Waals surface area (Å²) in [5, 5.41) is 0. The van der Waals surface area contributed by atoms with Crippen molar-refractivity contribution in [2.75, 3.05) is 46.4 Å². The van der Waals surface area contributed by atoms with Gasteiger partial charge in [-0.05, 0) is 37.5 Å². The summed E-state index contributed by atoms with van der Waals surface area (Å²) in [5.41, 5.74) is 2.14. The van der Waals surface area contributed by atoms with E-state index in [1.807, 2.05) is 32.0 Å². The van der Waals surface area contributed by atoms with Crippen molar-refractivity contribution >= 4 is 16.1 Å². The van der Waals surface area contributed by atoms with Gasteiger partial charge in [0.05, 0.1) is 0 Å². The summed E-state index contributed by atoms with van der Waals surface area (Å²) in [6, 6.07) is 5.76. The Morgan fingerprint density at radius 1 is 1.19 bits per heavy atom. The molecule has 8 heteroatoms. The summed E-state index contributed by atoms with van der Waals surface area (Å²) in [6.45, 7) is 7.81. The van der Waals surface area contributed by atoms with Crippen LogP contribution in [0, 0.1) is 13.8 Å². The molecule has 1 amide bonds. The lowest BCUT2D eigenvalue weighted by atomic mass is 10.1. The molecule has 2 rings (SSSR count). The SMILES string of the molecule is CCN(C)S(=O)(=O)N1CCCN(C(=O)COc2cccc(C)c2C)CC1. The molecule has 1 heterocycles. The number of carbonyl (C=O) groups is 1. The number of benzene rings is 1. The highest BCUT2D eigenvalue weighted by molar-refractivity contribution is 7.86.